The zero-order valence-electron chi connectivity index (χ0n) is 15.4. The predicted octanol–water partition coefficient (Wildman–Crippen LogP) is 3.09. The standard InChI is InChI=1S/C20H22FN3O3S/c21-15-2-1-14-11-18(23-7-5-22(6-8-23)9-10-25)17-13-16(24(26)27)3-4-19(17)28-20(14)12-15/h1-4,12-13,18,25H,5-11H2/t18-/m1/s1. The summed E-state index contributed by atoms with van der Waals surface area (Å²) in [6.45, 7) is 4.17. The highest BCUT2D eigenvalue weighted by molar-refractivity contribution is 7.99. The van der Waals surface area contributed by atoms with Crippen molar-refractivity contribution in [2.24, 2.45) is 0 Å². The zero-order valence-corrected chi connectivity index (χ0v) is 16.2. The van der Waals surface area contributed by atoms with Crippen molar-refractivity contribution in [1.82, 2.24) is 9.80 Å². The molecule has 6 nitrogen and oxygen atoms in total. The number of aliphatic hydroxyl groups excluding tert-OH is 1. The van der Waals surface area contributed by atoms with Crippen LogP contribution in [0, 0.1) is 15.9 Å². The highest BCUT2D eigenvalue weighted by atomic mass is 32.2. The fourth-order valence-corrected chi connectivity index (χ4v) is 5.14. The van der Waals surface area contributed by atoms with Crippen molar-refractivity contribution < 1.29 is 14.4 Å². The monoisotopic (exact) mass is 403 g/mol. The molecule has 1 atom stereocenters. The van der Waals surface area contributed by atoms with Gasteiger partial charge in [-0.3, -0.25) is 19.9 Å². The van der Waals surface area contributed by atoms with Gasteiger partial charge in [-0.25, -0.2) is 4.39 Å². The molecule has 2 aromatic rings. The lowest BCUT2D eigenvalue weighted by Gasteiger charge is -2.39. The van der Waals surface area contributed by atoms with E-state index in [1.54, 1.807) is 18.2 Å². The maximum Gasteiger partial charge on any atom is 0.269 e. The largest absolute Gasteiger partial charge is 0.395 e. The Bertz CT molecular complexity index is 887. The summed E-state index contributed by atoms with van der Waals surface area (Å²) in [6.07, 6.45) is 0.691. The van der Waals surface area contributed by atoms with Gasteiger partial charge in [0.05, 0.1) is 11.5 Å². The molecule has 4 rings (SSSR count). The summed E-state index contributed by atoms with van der Waals surface area (Å²) in [6, 6.07) is 9.84. The van der Waals surface area contributed by atoms with Gasteiger partial charge in [-0.2, -0.15) is 0 Å². The summed E-state index contributed by atoms with van der Waals surface area (Å²) >= 11 is 1.48. The number of non-ortho nitro benzene ring substituents is 1. The smallest absolute Gasteiger partial charge is 0.269 e. The van der Waals surface area contributed by atoms with Crippen molar-refractivity contribution >= 4 is 17.4 Å². The zero-order chi connectivity index (χ0) is 19.7. The Kier molecular flexibility index (Phi) is 5.63. The molecular formula is C20H22FN3O3S. The number of nitro benzene ring substituents is 1. The van der Waals surface area contributed by atoms with Crippen LogP contribution in [0.1, 0.15) is 17.2 Å². The van der Waals surface area contributed by atoms with Crippen LogP contribution in [0.15, 0.2) is 46.2 Å². The third kappa shape index (κ3) is 3.91. The summed E-state index contributed by atoms with van der Waals surface area (Å²) < 4.78 is 13.8. The number of β-amino-alcohol motifs (C(OH)–C–C–N with tert-alkyl or cyclic N) is 1. The molecule has 28 heavy (non-hydrogen) atoms. The third-order valence-electron chi connectivity index (χ3n) is 5.49. The van der Waals surface area contributed by atoms with Crippen molar-refractivity contribution in [3.8, 4) is 0 Å². The van der Waals surface area contributed by atoms with Gasteiger partial charge in [-0.05, 0) is 35.7 Å². The van der Waals surface area contributed by atoms with Gasteiger partial charge in [0.25, 0.3) is 5.69 Å². The highest BCUT2D eigenvalue weighted by Gasteiger charge is 2.31. The average Bonchev–Trinajstić information content (AvgIpc) is 2.84. The highest BCUT2D eigenvalue weighted by Crippen LogP contribution is 2.44. The lowest BCUT2D eigenvalue weighted by Crippen LogP contribution is -2.48. The van der Waals surface area contributed by atoms with Crippen molar-refractivity contribution in [2.75, 3.05) is 39.3 Å². The van der Waals surface area contributed by atoms with Crippen LogP contribution in [0.5, 0.6) is 0 Å². The Balaban J connectivity index is 1.71. The van der Waals surface area contributed by atoms with Gasteiger partial charge >= 0.3 is 0 Å². The predicted molar refractivity (Wildman–Crippen MR) is 105 cm³/mol. The van der Waals surface area contributed by atoms with Crippen molar-refractivity contribution in [1.29, 1.82) is 0 Å². The number of nitro groups is 1. The van der Waals surface area contributed by atoms with Crippen molar-refractivity contribution in [2.45, 2.75) is 22.3 Å². The number of nitrogens with zero attached hydrogens (tertiary/aromatic N) is 3. The summed E-state index contributed by atoms with van der Waals surface area (Å²) in [5.41, 5.74) is 2.08. The van der Waals surface area contributed by atoms with Crippen LogP contribution in [0.2, 0.25) is 0 Å². The number of piperazine rings is 1. The molecule has 2 heterocycles. The molecule has 0 spiro atoms. The lowest BCUT2D eigenvalue weighted by atomic mass is 9.96. The second-order valence-corrected chi connectivity index (χ2v) is 8.24. The molecule has 0 unspecified atom stereocenters. The normalized spacial score (nSPS) is 20.3. The number of hydrogen-bond donors (Lipinski definition) is 1. The van der Waals surface area contributed by atoms with E-state index >= 15 is 0 Å². The van der Waals surface area contributed by atoms with E-state index in [1.807, 2.05) is 6.07 Å². The Hall–Kier alpha value is -2.00. The van der Waals surface area contributed by atoms with Crippen molar-refractivity contribution in [3.05, 3.63) is 63.5 Å². The van der Waals surface area contributed by atoms with Crippen LogP contribution in [0.3, 0.4) is 0 Å². The molecule has 1 N–H and O–H groups in total. The van der Waals surface area contributed by atoms with Crippen LogP contribution in [0.4, 0.5) is 10.1 Å². The first-order valence-electron chi connectivity index (χ1n) is 9.37. The van der Waals surface area contributed by atoms with E-state index in [4.69, 9.17) is 5.11 Å². The molecule has 0 amide bonds. The van der Waals surface area contributed by atoms with E-state index in [-0.39, 0.29) is 29.1 Å². The molecule has 0 radical (unpaired) electrons. The van der Waals surface area contributed by atoms with E-state index in [0.29, 0.717) is 13.0 Å². The first-order chi connectivity index (χ1) is 13.5. The quantitative estimate of drug-likeness (QED) is 0.625. The van der Waals surface area contributed by atoms with Crippen molar-refractivity contribution in [3.63, 3.8) is 0 Å². The molecule has 0 aromatic heterocycles. The minimum absolute atomic E-state index is 0.00499. The van der Waals surface area contributed by atoms with E-state index in [1.165, 1.54) is 23.9 Å². The van der Waals surface area contributed by atoms with Crippen LogP contribution < -0.4 is 0 Å². The number of halogens is 1. The minimum Gasteiger partial charge on any atom is -0.395 e. The second-order valence-electron chi connectivity index (χ2n) is 7.15. The van der Waals surface area contributed by atoms with Gasteiger partial charge in [-0.1, -0.05) is 17.8 Å². The summed E-state index contributed by atoms with van der Waals surface area (Å²) in [5.74, 6) is -0.272. The molecule has 2 aliphatic heterocycles. The number of hydrogen-bond acceptors (Lipinski definition) is 6. The maximum absolute atomic E-state index is 13.8. The average molecular weight is 403 g/mol. The van der Waals surface area contributed by atoms with Gasteiger partial charge in [-0.15, -0.1) is 0 Å². The fraction of sp³-hybridized carbons (Fsp3) is 0.400. The molecule has 1 saturated heterocycles. The molecule has 1 fully saturated rings. The summed E-state index contributed by atoms with van der Waals surface area (Å²) in [7, 11) is 0. The summed E-state index contributed by atoms with van der Waals surface area (Å²) in [5, 5.41) is 20.5. The molecule has 8 heteroatoms. The minimum atomic E-state index is -0.362. The van der Waals surface area contributed by atoms with Crippen LogP contribution in [0.25, 0.3) is 0 Å². The van der Waals surface area contributed by atoms with Crippen LogP contribution in [-0.2, 0) is 6.42 Å². The Morgan fingerprint density at radius 3 is 2.64 bits per heavy atom. The number of benzene rings is 2. The molecule has 2 aromatic carbocycles. The molecule has 0 saturated carbocycles. The maximum atomic E-state index is 13.8. The van der Waals surface area contributed by atoms with Crippen LogP contribution in [-0.4, -0.2) is 59.2 Å². The van der Waals surface area contributed by atoms with E-state index in [2.05, 4.69) is 9.80 Å². The molecule has 0 bridgehead atoms. The van der Waals surface area contributed by atoms with Gasteiger partial charge < -0.3 is 5.11 Å². The van der Waals surface area contributed by atoms with Crippen LogP contribution >= 0.6 is 11.8 Å². The van der Waals surface area contributed by atoms with E-state index in [9.17, 15) is 14.5 Å². The first-order valence-corrected chi connectivity index (χ1v) is 10.2. The van der Waals surface area contributed by atoms with Gasteiger partial charge in [0.15, 0.2) is 0 Å². The summed E-state index contributed by atoms with van der Waals surface area (Å²) in [4.78, 5) is 17.4. The van der Waals surface area contributed by atoms with E-state index < -0.39 is 0 Å². The number of fused-ring (bicyclic) bond motifs is 2. The fourth-order valence-electron chi connectivity index (χ4n) is 4.00. The van der Waals surface area contributed by atoms with Gasteiger partial charge in [0.1, 0.15) is 5.82 Å². The SMILES string of the molecule is O=[N+]([O-])c1ccc2c(c1)[C@H](N1CCN(CCO)CC1)Cc1ccc(F)cc1S2. The number of aliphatic hydroxyl groups is 1. The van der Waals surface area contributed by atoms with E-state index in [0.717, 1.165) is 47.1 Å². The Labute approximate surface area is 167 Å². The number of rotatable bonds is 4. The first kappa shape index (κ1) is 19.3. The lowest BCUT2D eigenvalue weighted by molar-refractivity contribution is -0.385. The van der Waals surface area contributed by atoms with Gasteiger partial charge in [0, 0.05) is 60.7 Å². The second kappa shape index (κ2) is 8.16. The topological polar surface area (TPSA) is 69.9 Å². The van der Waals surface area contributed by atoms with Gasteiger partial charge in [0.2, 0.25) is 0 Å². The molecule has 0 aliphatic carbocycles. The third-order valence-corrected chi connectivity index (χ3v) is 6.68. The Morgan fingerprint density at radius 1 is 1.14 bits per heavy atom. The Morgan fingerprint density at radius 2 is 1.93 bits per heavy atom. The molecule has 2 aliphatic rings. The molecular weight excluding hydrogens is 381 g/mol. The molecule has 148 valence electrons.